The molecule has 1 atom stereocenters. The monoisotopic (exact) mass is 492 g/mol. The second kappa shape index (κ2) is 9.47. The fraction of sp³-hybridized carbons (Fsp3) is 0.292. The van der Waals surface area contributed by atoms with Crippen molar-refractivity contribution < 1.29 is 9.53 Å². The molecule has 3 aromatic heterocycles. The van der Waals surface area contributed by atoms with Gasteiger partial charge in [0, 0.05) is 50.7 Å². The topological polar surface area (TPSA) is 103 Å². The number of hydrogen-bond acceptors (Lipinski definition) is 7. The molecule has 4 aromatic rings. The number of nitrogens with one attached hydrogen (secondary N) is 1. The van der Waals surface area contributed by atoms with E-state index >= 15 is 0 Å². The summed E-state index contributed by atoms with van der Waals surface area (Å²) in [5, 5.41) is 7.95. The van der Waals surface area contributed by atoms with Crippen molar-refractivity contribution in [3.8, 4) is 11.4 Å². The SMILES string of the molecule is COC[C@H]1Cn2cc(-c3nc(Nc4ccnn4C)ncc3C)nc2C(=O)N1Cc1cccc(Cl)c1. The van der Waals surface area contributed by atoms with Crippen LogP contribution in [0.1, 0.15) is 21.7 Å². The molecule has 1 amide bonds. The third-order valence-corrected chi connectivity index (χ3v) is 6.19. The first kappa shape index (κ1) is 23.0. The molecule has 0 saturated carbocycles. The van der Waals surface area contributed by atoms with Crippen LogP contribution >= 0.6 is 11.6 Å². The maximum Gasteiger partial charge on any atom is 0.290 e. The van der Waals surface area contributed by atoms with E-state index in [1.165, 1.54) is 0 Å². The van der Waals surface area contributed by atoms with Crippen molar-refractivity contribution in [2.45, 2.75) is 26.1 Å². The van der Waals surface area contributed by atoms with Crippen molar-refractivity contribution >= 4 is 29.3 Å². The van der Waals surface area contributed by atoms with Gasteiger partial charge in [-0.25, -0.2) is 15.0 Å². The molecule has 0 fully saturated rings. The fourth-order valence-electron chi connectivity index (χ4n) is 4.20. The molecule has 0 aliphatic carbocycles. The fourth-order valence-corrected chi connectivity index (χ4v) is 4.41. The summed E-state index contributed by atoms with van der Waals surface area (Å²) in [6, 6.07) is 9.21. The number of anilines is 2. The number of aryl methyl sites for hydroxylation is 2. The van der Waals surface area contributed by atoms with Crippen LogP contribution in [-0.2, 0) is 24.9 Å². The Kier molecular flexibility index (Phi) is 6.23. The largest absolute Gasteiger partial charge is 0.382 e. The van der Waals surface area contributed by atoms with E-state index in [0.29, 0.717) is 47.9 Å². The van der Waals surface area contributed by atoms with Gasteiger partial charge in [0.2, 0.25) is 5.95 Å². The minimum atomic E-state index is -0.163. The van der Waals surface area contributed by atoms with E-state index in [-0.39, 0.29) is 11.9 Å². The predicted octanol–water partition coefficient (Wildman–Crippen LogP) is 3.45. The number of carbonyl (C=O) groups excluding carboxylic acids is 1. The van der Waals surface area contributed by atoms with Gasteiger partial charge < -0.3 is 19.5 Å². The van der Waals surface area contributed by atoms with Crippen LogP contribution in [-0.4, -0.2) is 59.9 Å². The van der Waals surface area contributed by atoms with E-state index in [9.17, 15) is 4.79 Å². The van der Waals surface area contributed by atoms with E-state index < -0.39 is 0 Å². The van der Waals surface area contributed by atoms with Crippen LogP contribution < -0.4 is 5.32 Å². The highest BCUT2D eigenvalue weighted by Crippen LogP contribution is 2.27. The third kappa shape index (κ3) is 4.62. The lowest BCUT2D eigenvalue weighted by Crippen LogP contribution is -2.49. The molecule has 0 spiro atoms. The highest BCUT2D eigenvalue weighted by Gasteiger charge is 2.34. The summed E-state index contributed by atoms with van der Waals surface area (Å²) in [6.45, 7) is 3.31. The molecule has 5 rings (SSSR count). The van der Waals surface area contributed by atoms with Gasteiger partial charge in [-0.05, 0) is 30.2 Å². The van der Waals surface area contributed by atoms with Crippen LogP contribution in [0.25, 0.3) is 11.4 Å². The zero-order valence-corrected chi connectivity index (χ0v) is 20.4. The molecular weight excluding hydrogens is 468 g/mol. The molecular formula is C24H25ClN8O2. The van der Waals surface area contributed by atoms with Crippen molar-refractivity contribution in [3.63, 3.8) is 0 Å². The minimum Gasteiger partial charge on any atom is -0.382 e. The Balaban J connectivity index is 1.46. The number of nitrogens with zero attached hydrogens (tertiary/aromatic N) is 7. The number of imidazole rings is 1. The Morgan fingerprint density at radius 3 is 2.86 bits per heavy atom. The summed E-state index contributed by atoms with van der Waals surface area (Å²) in [6.07, 6.45) is 5.30. The van der Waals surface area contributed by atoms with E-state index in [4.69, 9.17) is 21.3 Å². The Labute approximate surface area is 207 Å². The molecule has 35 heavy (non-hydrogen) atoms. The second-order valence-corrected chi connectivity index (χ2v) is 8.90. The molecule has 0 saturated heterocycles. The lowest BCUT2D eigenvalue weighted by molar-refractivity contribution is 0.0380. The molecule has 11 heteroatoms. The lowest BCUT2D eigenvalue weighted by atomic mass is 10.1. The van der Waals surface area contributed by atoms with Crippen molar-refractivity contribution in [2.75, 3.05) is 19.0 Å². The van der Waals surface area contributed by atoms with Crippen molar-refractivity contribution in [1.82, 2.24) is 34.2 Å². The van der Waals surface area contributed by atoms with Crippen molar-refractivity contribution in [1.29, 1.82) is 0 Å². The number of carbonyl (C=O) groups is 1. The van der Waals surface area contributed by atoms with Gasteiger partial charge in [-0.1, -0.05) is 23.7 Å². The number of amides is 1. The van der Waals surface area contributed by atoms with Crippen LogP contribution in [0.4, 0.5) is 11.8 Å². The van der Waals surface area contributed by atoms with Crippen LogP contribution in [0.2, 0.25) is 5.02 Å². The minimum absolute atomic E-state index is 0.144. The molecule has 10 nitrogen and oxygen atoms in total. The van der Waals surface area contributed by atoms with Gasteiger partial charge in [-0.15, -0.1) is 0 Å². The van der Waals surface area contributed by atoms with Gasteiger partial charge in [0.05, 0.1) is 24.5 Å². The number of ether oxygens (including phenoxy) is 1. The first-order valence-electron chi connectivity index (χ1n) is 11.1. The average molecular weight is 493 g/mol. The standard InChI is InChI=1S/C24H25ClN8O2/c1-15-10-26-24(29-20-7-8-27-31(20)2)30-21(15)19-13-32-12-18(14-35-3)33(23(34)22(32)28-19)11-16-5-4-6-17(25)9-16/h4-10,13,18H,11-12,14H2,1-3H3,(H,26,29,30)/t18-/m1/s1. The smallest absolute Gasteiger partial charge is 0.290 e. The lowest BCUT2D eigenvalue weighted by Gasteiger charge is -2.35. The predicted molar refractivity (Wildman–Crippen MR) is 131 cm³/mol. The second-order valence-electron chi connectivity index (χ2n) is 8.46. The normalized spacial score (nSPS) is 15.4. The molecule has 0 radical (unpaired) electrons. The van der Waals surface area contributed by atoms with E-state index in [1.807, 2.05) is 55.1 Å². The third-order valence-electron chi connectivity index (χ3n) is 5.95. The van der Waals surface area contributed by atoms with Gasteiger partial charge >= 0.3 is 0 Å². The Morgan fingerprint density at radius 2 is 2.11 bits per heavy atom. The molecule has 1 N–H and O–H groups in total. The van der Waals surface area contributed by atoms with Gasteiger partial charge in [0.15, 0.2) is 5.82 Å². The molecule has 4 heterocycles. The quantitative estimate of drug-likeness (QED) is 0.421. The maximum absolute atomic E-state index is 13.5. The number of rotatable bonds is 7. The highest BCUT2D eigenvalue weighted by atomic mass is 35.5. The first-order chi connectivity index (χ1) is 16.9. The number of hydrogen-bond donors (Lipinski definition) is 1. The van der Waals surface area contributed by atoms with E-state index in [2.05, 4.69) is 20.4 Å². The van der Waals surface area contributed by atoms with E-state index in [1.54, 1.807) is 29.1 Å². The number of methoxy groups -OCH3 is 1. The summed E-state index contributed by atoms with van der Waals surface area (Å²) in [5.74, 6) is 1.39. The van der Waals surface area contributed by atoms with Crippen LogP contribution in [0, 0.1) is 6.92 Å². The Bertz CT molecular complexity index is 1380. The van der Waals surface area contributed by atoms with Crippen LogP contribution in [0.5, 0.6) is 0 Å². The molecule has 0 unspecified atom stereocenters. The summed E-state index contributed by atoms with van der Waals surface area (Å²) < 4.78 is 9.01. The van der Waals surface area contributed by atoms with Crippen molar-refractivity contribution in [2.24, 2.45) is 7.05 Å². The van der Waals surface area contributed by atoms with Crippen LogP contribution in [0.3, 0.4) is 0 Å². The van der Waals surface area contributed by atoms with Gasteiger partial charge in [-0.3, -0.25) is 9.48 Å². The molecule has 1 aliphatic heterocycles. The Morgan fingerprint density at radius 1 is 1.26 bits per heavy atom. The van der Waals surface area contributed by atoms with Gasteiger partial charge in [0.25, 0.3) is 5.91 Å². The number of aromatic nitrogens is 6. The molecule has 0 bridgehead atoms. The summed E-state index contributed by atoms with van der Waals surface area (Å²) in [4.78, 5) is 29.1. The zero-order valence-electron chi connectivity index (χ0n) is 19.6. The zero-order chi connectivity index (χ0) is 24.5. The molecule has 1 aliphatic rings. The molecule has 180 valence electrons. The number of fused-ring (bicyclic) bond motifs is 1. The van der Waals surface area contributed by atoms with Crippen LogP contribution in [0.15, 0.2) is 48.9 Å². The van der Waals surface area contributed by atoms with E-state index in [0.717, 1.165) is 16.9 Å². The van der Waals surface area contributed by atoms with Crippen molar-refractivity contribution in [3.05, 3.63) is 70.9 Å². The summed E-state index contributed by atoms with van der Waals surface area (Å²) in [5.41, 5.74) is 3.07. The maximum atomic E-state index is 13.5. The van der Waals surface area contributed by atoms with Gasteiger partial charge in [-0.2, -0.15) is 5.10 Å². The average Bonchev–Trinajstić information content (AvgIpc) is 3.44. The first-order valence-corrected chi connectivity index (χ1v) is 11.5. The number of benzene rings is 1. The summed E-state index contributed by atoms with van der Waals surface area (Å²) in [7, 11) is 3.47. The highest BCUT2D eigenvalue weighted by molar-refractivity contribution is 6.30. The number of halogens is 1. The molecule has 1 aromatic carbocycles. The van der Waals surface area contributed by atoms with Gasteiger partial charge in [0.1, 0.15) is 11.5 Å². The Hall–Kier alpha value is -3.76. The summed E-state index contributed by atoms with van der Waals surface area (Å²) >= 11 is 6.16.